The molecule has 5 rings (SSSR count). The van der Waals surface area contributed by atoms with E-state index in [1.165, 1.54) is 18.4 Å². The number of halogens is 1. The predicted molar refractivity (Wildman–Crippen MR) is 144 cm³/mol. The first-order valence-electron chi connectivity index (χ1n) is 12.9. The van der Waals surface area contributed by atoms with Crippen molar-refractivity contribution < 1.29 is 9.90 Å². The molecule has 1 amide bonds. The van der Waals surface area contributed by atoms with E-state index in [4.69, 9.17) is 21.6 Å². The number of amides is 1. The van der Waals surface area contributed by atoms with Crippen LogP contribution in [0, 0.1) is 0 Å². The summed E-state index contributed by atoms with van der Waals surface area (Å²) in [5.74, 6) is 1.56. The van der Waals surface area contributed by atoms with Gasteiger partial charge in [-0.25, -0.2) is 4.98 Å². The van der Waals surface area contributed by atoms with E-state index in [-0.39, 0.29) is 23.2 Å². The molecule has 8 nitrogen and oxygen atoms in total. The van der Waals surface area contributed by atoms with Crippen molar-refractivity contribution in [3.05, 3.63) is 41.0 Å². The maximum Gasteiger partial charge on any atom is 0.228 e. The summed E-state index contributed by atoms with van der Waals surface area (Å²) in [5, 5.41) is 16.3. The molecule has 0 unspecified atom stereocenters. The number of aromatic nitrogens is 3. The predicted octanol–water partition coefficient (Wildman–Crippen LogP) is 4.96. The standard InChI is InChI=1S/C27H35ClN6O2/c1-18(2)34-16-22-23(25(34)36)30-26(33-14-12-32(13-15-33)19(3)35)31-24(22)29-17-27(10-4-5-11-27)20-6-8-21(28)9-7-20/h6-9,16,18,36H,4-5,10-15,17H2,1-3H3,(H,29,30,31). The first-order chi connectivity index (χ1) is 17.3. The molecular formula is C27H35ClN6O2. The van der Waals surface area contributed by atoms with Gasteiger partial charge in [0.1, 0.15) is 11.3 Å². The van der Waals surface area contributed by atoms with Gasteiger partial charge in [0, 0.05) is 62.3 Å². The fourth-order valence-corrected chi connectivity index (χ4v) is 5.77. The average molecular weight is 511 g/mol. The Balaban J connectivity index is 1.49. The summed E-state index contributed by atoms with van der Waals surface area (Å²) in [6.45, 7) is 9.01. The lowest BCUT2D eigenvalue weighted by Crippen LogP contribution is -2.48. The Morgan fingerprint density at radius 3 is 2.39 bits per heavy atom. The number of hydrogen-bond donors (Lipinski definition) is 2. The van der Waals surface area contributed by atoms with Crippen molar-refractivity contribution in [2.24, 2.45) is 0 Å². The van der Waals surface area contributed by atoms with E-state index in [1.807, 2.05) is 41.6 Å². The third kappa shape index (κ3) is 4.59. The maximum atomic E-state index is 11.8. The number of carbonyl (C=O) groups excluding carboxylic acids is 1. The zero-order valence-corrected chi connectivity index (χ0v) is 22.1. The molecule has 0 bridgehead atoms. The minimum atomic E-state index is 0.0117. The van der Waals surface area contributed by atoms with Gasteiger partial charge in [-0.15, -0.1) is 0 Å². The Morgan fingerprint density at radius 2 is 1.78 bits per heavy atom. The summed E-state index contributed by atoms with van der Waals surface area (Å²) in [5.41, 5.74) is 1.86. The van der Waals surface area contributed by atoms with Crippen LogP contribution < -0.4 is 10.2 Å². The van der Waals surface area contributed by atoms with E-state index in [0.29, 0.717) is 37.6 Å². The van der Waals surface area contributed by atoms with Crippen molar-refractivity contribution in [1.29, 1.82) is 0 Å². The van der Waals surface area contributed by atoms with Gasteiger partial charge in [-0.2, -0.15) is 4.98 Å². The summed E-state index contributed by atoms with van der Waals surface area (Å²) >= 11 is 6.18. The van der Waals surface area contributed by atoms with E-state index >= 15 is 0 Å². The van der Waals surface area contributed by atoms with Crippen molar-refractivity contribution >= 4 is 40.2 Å². The molecule has 2 aliphatic rings. The van der Waals surface area contributed by atoms with Crippen molar-refractivity contribution in [3.8, 4) is 5.88 Å². The number of carbonyl (C=O) groups is 1. The van der Waals surface area contributed by atoms with Crippen LogP contribution in [0.4, 0.5) is 11.8 Å². The normalized spacial score (nSPS) is 17.8. The molecule has 1 aliphatic carbocycles. The van der Waals surface area contributed by atoms with Crippen molar-refractivity contribution in [2.75, 3.05) is 42.9 Å². The third-order valence-corrected chi connectivity index (χ3v) is 8.09. The summed E-state index contributed by atoms with van der Waals surface area (Å²) in [6.07, 6.45) is 6.54. The van der Waals surface area contributed by atoms with Gasteiger partial charge in [0.2, 0.25) is 17.7 Å². The largest absolute Gasteiger partial charge is 0.493 e. The number of piperazine rings is 1. The van der Waals surface area contributed by atoms with Crippen LogP contribution >= 0.6 is 11.6 Å². The highest BCUT2D eigenvalue weighted by molar-refractivity contribution is 6.30. The van der Waals surface area contributed by atoms with E-state index < -0.39 is 0 Å². The molecular weight excluding hydrogens is 476 g/mol. The molecule has 2 N–H and O–H groups in total. The van der Waals surface area contributed by atoms with Crippen LogP contribution in [-0.4, -0.2) is 63.2 Å². The second kappa shape index (κ2) is 9.81. The highest BCUT2D eigenvalue weighted by Crippen LogP contribution is 2.42. The van der Waals surface area contributed by atoms with Crippen LogP contribution in [0.2, 0.25) is 5.02 Å². The molecule has 192 valence electrons. The fourth-order valence-electron chi connectivity index (χ4n) is 5.64. The number of nitrogens with one attached hydrogen (secondary N) is 1. The molecule has 1 saturated heterocycles. The van der Waals surface area contributed by atoms with Gasteiger partial charge in [-0.1, -0.05) is 36.6 Å². The molecule has 1 aliphatic heterocycles. The third-order valence-electron chi connectivity index (χ3n) is 7.83. The minimum Gasteiger partial charge on any atom is -0.493 e. The van der Waals surface area contributed by atoms with E-state index in [0.717, 1.165) is 35.6 Å². The SMILES string of the molecule is CC(=O)N1CCN(c2nc(NCC3(c4ccc(Cl)cc4)CCCC3)c3cn(C(C)C)c(O)c3n2)CC1. The first-order valence-corrected chi connectivity index (χ1v) is 13.3. The van der Waals surface area contributed by atoms with Gasteiger partial charge in [0.05, 0.1) is 5.39 Å². The van der Waals surface area contributed by atoms with E-state index in [1.54, 1.807) is 6.92 Å². The Labute approximate surface area is 217 Å². The van der Waals surface area contributed by atoms with Crippen molar-refractivity contribution in [1.82, 2.24) is 19.4 Å². The van der Waals surface area contributed by atoms with Gasteiger partial charge in [0.15, 0.2) is 0 Å². The van der Waals surface area contributed by atoms with Crippen LogP contribution in [0.5, 0.6) is 5.88 Å². The van der Waals surface area contributed by atoms with Gasteiger partial charge >= 0.3 is 0 Å². The molecule has 3 heterocycles. The van der Waals surface area contributed by atoms with Crippen molar-refractivity contribution in [2.45, 2.75) is 57.9 Å². The number of fused-ring (bicyclic) bond motifs is 1. The summed E-state index contributed by atoms with van der Waals surface area (Å²) in [4.78, 5) is 25.5. The van der Waals surface area contributed by atoms with Gasteiger partial charge in [-0.05, 0) is 44.4 Å². The number of hydrogen-bond acceptors (Lipinski definition) is 6. The molecule has 1 saturated carbocycles. The Morgan fingerprint density at radius 1 is 1.11 bits per heavy atom. The van der Waals surface area contributed by atoms with Crippen LogP contribution in [0.1, 0.15) is 58.1 Å². The van der Waals surface area contributed by atoms with E-state index in [2.05, 4.69) is 22.3 Å². The summed E-state index contributed by atoms with van der Waals surface area (Å²) in [6, 6.07) is 8.32. The second-order valence-electron chi connectivity index (χ2n) is 10.4. The number of anilines is 2. The van der Waals surface area contributed by atoms with Crippen LogP contribution in [0.25, 0.3) is 10.9 Å². The van der Waals surface area contributed by atoms with E-state index in [9.17, 15) is 9.90 Å². The molecule has 0 atom stereocenters. The smallest absolute Gasteiger partial charge is 0.228 e. The number of nitrogens with zero attached hydrogens (tertiary/aromatic N) is 5. The zero-order chi connectivity index (χ0) is 25.4. The van der Waals surface area contributed by atoms with Gasteiger partial charge < -0.3 is 24.8 Å². The highest BCUT2D eigenvalue weighted by Gasteiger charge is 2.36. The average Bonchev–Trinajstić information content (AvgIpc) is 3.49. The number of benzene rings is 1. The van der Waals surface area contributed by atoms with Gasteiger partial charge in [0.25, 0.3) is 0 Å². The molecule has 1 aromatic carbocycles. The lowest BCUT2D eigenvalue weighted by Gasteiger charge is -2.34. The van der Waals surface area contributed by atoms with Crippen LogP contribution in [-0.2, 0) is 10.2 Å². The summed E-state index contributed by atoms with van der Waals surface area (Å²) in [7, 11) is 0. The molecule has 36 heavy (non-hydrogen) atoms. The lowest BCUT2D eigenvalue weighted by molar-refractivity contribution is -0.129. The topological polar surface area (TPSA) is 86.5 Å². The summed E-state index contributed by atoms with van der Waals surface area (Å²) < 4.78 is 1.84. The lowest BCUT2D eigenvalue weighted by atomic mass is 9.79. The number of rotatable bonds is 6. The molecule has 3 aromatic rings. The molecule has 2 aromatic heterocycles. The van der Waals surface area contributed by atoms with Crippen LogP contribution in [0.3, 0.4) is 0 Å². The molecule has 0 radical (unpaired) electrons. The Hall–Kier alpha value is -3.00. The fraction of sp³-hybridized carbons (Fsp3) is 0.519. The molecule has 2 fully saturated rings. The highest BCUT2D eigenvalue weighted by atomic mass is 35.5. The monoisotopic (exact) mass is 510 g/mol. The maximum absolute atomic E-state index is 11.8. The molecule has 0 spiro atoms. The Bertz CT molecular complexity index is 1240. The van der Waals surface area contributed by atoms with Crippen molar-refractivity contribution in [3.63, 3.8) is 0 Å². The second-order valence-corrected chi connectivity index (χ2v) is 10.9. The minimum absolute atomic E-state index is 0.0117. The quantitative estimate of drug-likeness (QED) is 0.487. The number of aromatic hydroxyl groups is 1. The first kappa shape index (κ1) is 24.7. The molecule has 9 heteroatoms. The van der Waals surface area contributed by atoms with Crippen LogP contribution in [0.15, 0.2) is 30.5 Å². The Kier molecular flexibility index (Phi) is 6.72. The zero-order valence-electron chi connectivity index (χ0n) is 21.3. The van der Waals surface area contributed by atoms with Gasteiger partial charge in [-0.3, -0.25) is 4.79 Å².